The molecule has 0 radical (unpaired) electrons. The molecular formula is C20H15F2N3O3S. The molecule has 4 rings (SSSR count). The van der Waals surface area contributed by atoms with E-state index in [1.54, 1.807) is 36.5 Å². The third kappa shape index (κ3) is 3.90. The molecular weight excluding hydrogens is 400 g/mol. The highest BCUT2D eigenvalue weighted by Crippen LogP contribution is 2.35. The molecule has 2 heterocycles. The van der Waals surface area contributed by atoms with Gasteiger partial charge in [0.15, 0.2) is 17.4 Å². The van der Waals surface area contributed by atoms with Crippen LogP contribution in [0, 0.1) is 11.6 Å². The number of halogens is 2. The first-order valence-electron chi connectivity index (χ1n) is 8.48. The summed E-state index contributed by atoms with van der Waals surface area (Å²) in [6, 6.07) is 12.5. The quantitative estimate of drug-likeness (QED) is 0.497. The van der Waals surface area contributed by atoms with Gasteiger partial charge in [-0.3, -0.25) is 4.72 Å². The molecule has 0 atom stereocenters. The number of aromatic nitrogens is 2. The highest BCUT2D eigenvalue weighted by atomic mass is 32.2. The van der Waals surface area contributed by atoms with E-state index in [9.17, 15) is 17.2 Å². The fourth-order valence-electron chi connectivity index (χ4n) is 2.98. The summed E-state index contributed by atoms with van der Waals surface area (Å²) in [5.74, 6) is -1.62. The van der Waals surface area contributed by atoms with Crippen molar-refractivity contribution in [1.82, 2.24) is 10.1 Å². The highest BCUT2D eigenvalue weighted by Gasteiger charge is 2.19. The van der Waals surface area contributed by atoms with Gasteiger partial charge in [-0.05, 0) is 29.8 Å². The Morgan fingerprint density at radius 2 is 1.79 bits per heavy atom. The summed E-state index contributed by atoms with van der Waals surface area (Å²) in [6.45, 7) is 0. The first-order valence-corrected chi connectivity index (χ1v) is 10.4. The summed E-state index contributed by atoms with van der Waals surface area (Å²) in [5, 5.41) is 3.73. The maximum atomic E-state index is 14.2. The molecule has 148 valence electrons. The van der Waals surface area contributed by atoms with Crippen LogP contribution < -0.4 is 4.72 Å². The number of nitrogens with one attached hydrogen (secondary N) is 2. The molecule has 4 aromatic rings. The van der Waals surface area contributed by atoms with Crippen molar-refractivity contribution >= 4 is 15.7 Å². The molecule has 2 N–H and O–H groups in total. The zero-order chi connectivity index (χ0) is 20.6. The Kier molecular flexibility index (Phi) is 4.67. The number of hydrogen-bond acceptors (Lipinski definition) is 4. The van der Waals surface area contributed by atoms with Gasteiger partial charge < -0.3 is 9.51 Å². The van der Waals surface area contributed by atoms with Crippen molar-refractivity contribution in [2.75, 3.05) is 11.0 Å². The van der Waals surface area contributed by atoms with Gasteiger partial charge in [-0.15, -0.1) is 0 Å². The molecule has 0 bridgehead atoms. The molecule has 0 aliphatic carbocycles. The normalized spacial score (nSPS) is 11.6. The van der Waals surface area contributed by atoms with Crippen LogP contribution in [0.2, 0.25) is 0 Å². The Balaban J connectivity index is 1.66. The minimum Gasteiger partial charge on any atom is -0.360 e. The van der Waals surface area contributed by atoms with Gasteiger partial charge in [0.05, 0.1) is 18.0 Å². The van der Waals surface area contributed by atoms with E-state index in [-0.39, 0.29) is 5.56 Å². The Hall–Kier alpha value is -3.46. The van der Waals surface area contributed by atoms with Crippen LogP contribution >= 0.6 is 0 Å². The second-order valence-electron chi connectivity index (χ2n) is 6.42. The van der Waals surface area contributed by atoms with Crippen molar-refractivity contribution in [3.05, 3.63) is 72.6 Å². The van der Waals surface area contributed by atoms with Gasteiger partial charge in [-0.25, -0.2) is 17.2 Å². The fraction of sp³-hybridized carbons (Fsp3) is 0.0500. The minimum absolute atomic E-state index is 0.0557. The van der Waals surface area contributed by atoms with E-state index in [4.69, 9.17) is 4.52 Å². The number of rotatable bonds is 5. The molecule has 9 heteroatoms. The lowest BCUT2D eigenvalue weighted by Gasteiger charge is -2.04. The van der Waals surface area contributed by atoms with Crippen LogP contribution in [0.25, 0.3) is 33.7 Å². The standard InChI is InChI=1S/C20H15F2N3O3S/c1-29(26,27)25-14-7-5-12(6-8-14)18-9-13(10-23-18)20-16(11-24-28-20)15-3-2-4-17(21)19(15)22/h2-11,23,25H,1H3. The molecule has 0 spiro atoms. The molecule has 0 aliphatic rings. The lowest BCUT2D eigenvalue weighted by atomic mass is 10.0. The van der Waals surface area contributed by atoms with E-state index < -0.39 is 21.7 Å². The van der Waals surface area contributed by atoms with Gasteiger partial charge in [0.1, 0.15) is 0 Å². The third-order valence-corrected chi connectivity index (χ3v) is 4.86. The van der Waals surface area contributed by atoms with E-state index in [1.165, 1.54) is 18.3 Å². The monoisotopic (exact) mass is 415 g/mol. The van der Waals surface area contributed by atoms with E-state index in [2.05, 4.69) is 14.9 Å². The van der Waals surface area contributed by atoms with Crippen molar-refractivity contribution in [3.8, 4) is 33.7 Å². The van der Waals surface area contributed by atoms with Crippen LogP contribution in [0.15, 0.2) is 65.4 Å². The van der Waals surface area contributed by atoms with Crippen LogP contribution in [-0.2, 0) is 10.0 Å². The largest absolute Gasteiger partial charge is 0.360 e. The van der Waals surface area contributed by atoms with E-state index in [0.29, 0.717) is 22.6 Å². The van der Waals surface area contributed by atoms with Crippen LogP contribution in [0.3, 0.4) is 0 Å². The minimum atomic E-state index is -3.35. The summed E-state index contributed by atoms with van der Waals surface area (Å²) >= 11 is 0. The molecule has 0 fully saturated rings. The Morgan fingerprint density at radius 1 is 1.03 bits per heavy atom. The van der Waals surface area contributed by atoms with Gasteiger partial charge in [0.2, 0.25) is 10.0 Å². The van der Waals surface area contributed by atoms with Crippen molar-refractivity contribution < 1.29 is 21.7 Å². The highest BCUT2D eigenvalue weighted by molar-refractivity contribution is 7.92. The van der Waals surface area contributed by atoms with Crippen LogP contribution in [0.1, 0.15) is 0 Å². The van der Waals surface area contributed by atoms with Crippen molar-refractivity contribution in [2.45, 2.75) is 0 Å². The summed E-state index contributed by atoms with van der Waals surface area (Å²) < 4.78 is 58.1. The zero-order valence-electron chi connectivity index (χ0n) is 15.1. The Labute approximate surface area is 165 Å². The van der Waals surface area contributed by atoms with Crippen molar-refractivity contribution in [3.63, 3.8) is 0 Å². The molecule has 0 saturated carbocycles. The smallest absolute Gasteiger partial charge is 0.229 e. The van der Waals surface area contributed by atoms with Gasteiger partial charge in [0.25, 0.3) is 0 Å². The lowest BCUT2D eigenvalue weighted by Crippen LogP contribution is -2.09. The predicted molar refractivity (Wildman–Crippen MR) is 106 cm³/mol. The number of sulfonamides is 1. The molecule has 0 aliphatic heterocycles. The molecule has 29 heavy (non-hydrogen) atoms. The summed E-state index contributed by atoms with van der Waals surface area (Å²) in [4.78, 5) is 3.09. The Morgan fingerprint density at radius 3 is 2.52 bits per heavy atom. The molecule has 0 amide bonds. The predicted octanol–water partition coefficient (Wildman–Crippen LogP) is 4.65. The van der Waals surface area contributed by atoms with Crippen LogP contribution in [0.5, 0.6) is 0 Å². The lowest BCUT2D eigenvalue weighted by molar-refractivity contribution is 0.432. The summed E-state index contributed by atoms with van der Waals surface area (Å²) in [6.07, 6.45) is 4.08. The molecule has 0 saturated heterocycles. The van der Waals surface area contributed by atoms with Crippen molar-refractivity contribution in [1.29, 1.82) is 0 Å². The second kappa shape index (κ2) is 7.17. The SMILES string of the molecule is CS(=O)(=O)Nc1ccc(-c2cc(-c3oncc3-c3cccc(F)c3F)c[nH]2)cc1. The van der Waals surface area contributed by atoms with Gasteiger partial charge in [-0.2, -0.15) is 0 Å². The first kappa shape index (κ1) is 18.9. The van der Waals surface area contributed by atoms with Gasteiger partial charge in [0, 0.05) is 28.7 Å². The fourth-order valence-corrected chi connectivity index (χ4v) is 3.54. The maximum Gasteiger partial charge on any atom is 0.229 e. The number of H-pyrrole nitrogens is 1. The summed E-state index contributed by atoms with van der Waals surface area (Å²) in [5.41, 5.74) is 2.97. The molecule has 6 nitrogen and oxygen atoms in total. The number of hydrogen-bond donors (Lipinski definition) is 2. The number of nitrogens with zero attached hydrogens (tertiary/aromatic N) is 1. The van der Waals surface area contributed by atoms with E-state index in [1.807, 2.05) is 0 Å². The summed E-state index contributed by atoms with van der Waals surface area (Å²) in [7, 11) is -3.35. The average molecular weight is 415 g/mol. The number of anilines is 1. The van der Waals surface area contributed by atoms with Gasteiger partial charge in [-0.1, -0.05) is 29.4 Å². The van der Waals surface area contributed by atoms with Crippen LogP contribution in [0.4, 0.5) is 14.5 Å². The average Bonchev–Trinajstić information content (AvgIpc) is 3.32. The molecule has 0 unspecified atom stereocenters. The second-order valence-corrected chi connectivity index (χ2v) is 8.17. The first-order chi connectivity index (χ1) is 13.8. The number of benzene rings is 2. The van der Waals surface area contributed by atoms with E-state index in [0.717, 1.165) is 23.6 Å². The maximum absolute atomic E-state index is 14.2. The number of aromatic amines is 1. The molecule has 2 aromatic carbocycles. The zero-order valence-corrected chi connectivity index (χ0v) is 15.9. The van der Waals surface area contributed by atoms with Crippen molar-refractivity contribution in [2.24, 2.45) is 0 Å². The van der Waals surface area contributed by atoms with Crippen LogP contribution in [-0.4, -0.2) is 24.8 Å². The van der Waals surface area contributed by atoms with Gasteiger partial charge >= 0.3 is 0 Å². The molecule has 2 aromatic heterocycles. The third-order valence-electron chi connectivity index (χ3n) is 4.26. The topological polar surface area (TPSA) is 88.0 Å². The van der Waals surface area contributed by atoms with E-state index >= 15 is 0 Å². The Bertz CT molecular complexity index is 1280.